The van der Waals surface area contributed by atoms with Crippen LogP contribution in [0.5, 0.6) is 0 Å². The first-order valence-electron chi connectivity index (χ1n) is 10.0. The minimum atomic E-state index is -0.339. The first-order valence-corrected chi connectivity index (χ1v) is 10.8. The predicted molar refractivity (Wildman–Crippen MR) is 115 cm³/mol. The fourth-order valence-electron chi connectivity index (χ4n) is 3.72. The van der Waals surface area contributed by atoms with Gasteiger partial charge in [-0.25, -0.2) is 9.37 Å². The van der Waals surface area contributed by atoms with E-state index in [0.717, 1.165) is 36.9 Å². The van der Waals surface area contributed by atoms with Gasteiger partial charge < -0.3 is 14.0 Å². The van der Waals surface area contributed by atoms with Gasteiger partial charge in [0.15, 0.2) is 6.29 Å². The summed E-state index contributed by atoms with van der Waals surface area (Å²) in [6.45, 7) is 0.740. The number of hydrogen-bond donors (Lipinski definition) is 0. The number of aromatic nitrogens is 2. The molecule has 7 heteroatoms. The third-order valence-corrected chi connectivity index (χ3v) is 5.85. The van der Waals surface area contributed by atoms with Crippen LogP contribution in [-0.2, 0) is 22.4 Å². The van der Waals surface area contributed by atoms with Gasteiger partial charge in [0.25, 0.3) is 0 Å². The molecule has 1 saturated heterocycles. The molecule has 2 aromatic carbocycles. The molecule has 0 N–H and O–H groups in total. The highest BCUT2D eigenvalue weighted by Gasteiger charge is 2.27. The Hall–Kier alpha value is -1.92. The summed E-state index contributed by atoms with van der Waals surface area (Å²) in [5, 5.41) is 1.17. The SMILES string of the molecule is Fc1ccc(C(Cc2ccc(Cl)cc2Cl)O[C@H]2CCC[C@H](Cn3ccnc3)O2)cc1. The summed E-state index contributed by atoms with van der Waals surface area (Å²) in [6, 6.07) is 11.8. The molecule has 1 unspecified atom stereocenters. The lowest BCUT2D eigenvalue weighted by molar-refractivity contribution is -0.218. The fourth-order valence-corrected chi connectivity index (χ4v) is 4.21. The number of rotatable bonds is 7. The van der Waals surface area contributed by atoms with Gasteiger partial charge in [0, 0.05) is 35.4 Å². The molecule has 0 radical (unpaired) electrons. The molecule has 1 aliphatic rings. The highest BCUT2D eigenvalue weighted by molar-refractivity contribution is 6.35. The Labute approximate surface area is 185 Å². The summed E-state index contributed by atoms with van der Waals surface area (Å²) in [6.07, 6.45) is 8.22. The van der Waals surface area contributed by atoms with Crippen molar-refractivity contribution in [1.29, 1.82) is 0 Å². The predicted octanol–water partition coefficient (Wildman–Crippen LogP) is 6.22. The number of benzene rings is 2. The van der Waals surface area contributed by atoms with E-state index in [1.807, 2.05) is 22.9 Å². The molecule has 4 nitrogen and oxygen atoms in total. The minimum absolute atomic E-state index is 0.0611. The highest BCUT2D eigenvalue weighted by atomic mass is 35.5. The van der Waals surface area contributed by atoms with Crippen LogP contribution in [0.3, 0.4) is 0 Å². The average molecular weight is 449 g/mol. The second-order valence-electron chi connectivity index (χ2n) is 7.49. The third-order valence-electron chi connectivity index (χ3n) is 5.26. The first kappa shape index (κ1) is 21.3. The average Bonchev–Trinajstić information content (AvgIpc) is 3.23. The molecular formula is C23H23Cl2FN2O2. The lowest BCUT2D eigenvalue weighted by atomic mass is 10.0. The largest absolute Gasteiger partial charge is 0.348 e. The van der Waals surface area contributed by atoms with Crippen molar-refractivity contribution in [3.63, 3.8) is 0 Å². The van der Waals surface area contributed by atoms with Gasteiger partial charge in [-0.3, -0.25) is 0 Å². The Morgan fingerprint density at radius 2 is 2.00 bits per heavy atom. The van der Waals surface area contributed by atoms with Gasteiger partial charge in [-0.05, 0) is 54.7 Å². The lowest BCUT2D eigenvalue weighted by Crippen LogP contribution is -2.33. The van der Waals surface area contributed by atoms with Crippen molar-refractivity contribution in [3.8, 4) is 0 Å². The number of halogens is 3. The zero-order chi connectivity index (χ0) is 20.9. The zero-order valence-electron chi connectivity index (χ0n) is 16.4. The molecule has 1 fully saturated rings. The molecular weight excluding hydrogens is 426 g/mol. The van der Waals surface area contributed by atoms with Gasteiger partial charge in [-0.15, -0.1) is 0 Å². The molecule has 0 aliphatic carbocycles. The second kappa shape index (κ2) is 9.92. The highest BCUT2D eigenvalue weighted by Crippen LogP contribution is 2.32. The minimum Gasteiger partial charge on any atom is -0.348 e. The Balaban J connectivity index is 1.49. The molecule has 2 heterocycles. The maximum absolute atomic E-state index is 13.5. The van der Waals surface area contributed by atoms with Gasteiger partial charge in [0.05, 0.1) is 18.5 Å². The van der Waals surface area contributed by atoms with Crippen LogP contribution < -0.4 is 0 Å². The molecule has 1 aliphatic heterocycles. The smallest absolute Gasteiger partial charge is 0.158 e. The van der Waals surface area contributed by atoms with Crippen LogP contribution in [0.4, 0.5) is 4.39 Å². The van der Waals surface area contributed by atoms with E-state index in [0.29, 0.717) is 16.5 Å². The van der Waals surface area contributed by atoms with Gasteiger partial charge in [0.1, 0.15) is 5.82 Å². The van der Waals surface area contributed by atoms with Gasteiger partial charge in [-0.2, -0.15) is 0 Å². The van der Waals surface area contributed by atoms with Crippen LogP contribution in [0, 0.1) is 5.82 Å². The Morgan fingerprint density at radius 1 is 1.17 bits per heavy atom. The van der Waals surface area contributed by atoms with Crippen molar-refractivity contribution < 1.29 is 13.9 Å². The number of hydrogen-bond acceptors (Lipinski definition) is 3. The molecule has 158 valence electrons. The Morgan fingerprint density at radius 3 is 2.73 bits per heavy atom. The number of ether oxygens (including phenoxy) is 2. The van der Waals surface area contributed by atoms with Crippen molar-refractivity contribution in [1.82, 2.24) is 9.55 Å². The molecule has 0 amide bonds. The molecule has 0 spiro atoms. The van der Waals surface area contributed by atoms with E-state index in [1.165, 1.54) is 12.1 Å². The van der Waals surface area contributed by atoms with E-state index >= 15 is 0 Å². The first-order chi connectivity index (χ1) is 14.6. The summed E-state index contributed by atoms with van der Waals surface area (Å²) in [5.74, 6) is -0.281. The fraction of sp³-hybridized carbons (Fsp3) is 0.348. The molecule has 3 atom stereocenters. The van der Waals surface area contributed by atoms with E-state index in [-0.39, 0.29) is 24.3 Å². The quantitative estimate of drug-likeness (QED) is 0.429. The van der Waals surface area contributed by atoms with E-state index < -0.39 is 0 Å². The second-order valence-corrected chi connectivity index (χ2v) is 8.34. The van der Waals surface area contributed by atoms with Gasteiger partial charge in [0.2, 0.25) is 0 Å². The summed E-state index contributed by atoms with van der Waals surface area (Å²) in [5.41, 5.74) is 1.80. The Kier molecular flexibility index (Phi) is 7.05. The Bertz CT molecular complexity index is 950. The normalized spacial score (nSPS) is 20.2. The van der Waals surface area contributed by atoms with Crippen LogP contribution >= 0.6 is 23.2 Å². The lowest BCUT2D eigenvalue weighted by Gasteiger charge is -2.33. The topological polar surface area (TPSA) is 36.3 Å². The van der Waals surface area contributed by atoms with Crippen molar-refractivity contribution in [2.24, 2.45) is 0 Å². The molecule has 3 aromatic rings. The van der Waals surface area contributed by atoms with E-state index in [2.05, 4.69) is 4.98 Å². The monoisotopic (exact) mass is 448 g/mol. The summed E-state index contributed by atoms with van der Waals surface area (Å²) < 4.78 is 28.1. The van der Waals surface area contributed by atoms with Gasteiger partial charge in [-0.1, -0.05) is 41.4 Å². The van der Waals surface area contributed by atoms with E-state index in [9.17, 15) is 4.39 Å². The molecule has 0 saturated carbocycles. The summed E-state index contributed by atoms with van der Waals surface area (Å²) in [7, 11) is 0. The molecule has 4 rings (SSSR count). The van der Waals surface area contributed by atoms with Crippen LogP contribution in [0.25, 0.3) is 0 Å². The summed E-state index contributed by atoms with van der Waals surface area (Å²) >= 11 is 12.4. The summed E-state index contributed by atoms with van der Waals surface area (Å²) in [4.78, 5) is 4.09. The third kappa shape index (κ3) is 5.61. The van der Waals surface area contributed by atoms with Gasteiger partial charge >= 0.3 is 0 Å². The maximum atomic E-state index is 13.5. The van der Waals surface area contributed by atoms with Crippen LogP contribution in [0.15, 0.2) is 61.2 Å². The van der Waals surface area contributed by atoms with E-state index in [1.54, 1.807) is 30.7 Å². The number of imidazole rings is 1. The van der Waals surface area contributed by atoms with Crippen molar-refractivity contribution in [2.75, 3.05) is 0 Å². The van der Waals surface area contributed by atoms with Crippen molar-refractivity contribution in [2.45, 2.75) is 50.7 Å². The van der Waals surface area contributed by atoms with Crippen LogP contribution in [-0.4, -0.2) is 21.9 Å². The van der Waals surface area contributed by atoms with Crippen molar-refractivity contribution >= 4 is 23.2 Å². The molecule has 1 aromatic heterocycles. The molecule has 30 heavy (non-hydrogen) atoms. The maximum Gasteiger partial charge on any atom is 0.158 e. The zero-order valence-corrected chi connectivity index (χ0v) is 17.9. The van der Waals surface area contributed by atoms with Crippen LogP contribution in [0.2, 0.25) is 10.0 Å². The van der Waals surface area contributed by atoms with E-state index in [4.69, 9.17) is 32.7 Å². The standard InChI is InChI=1S/C23H23Cl2FN2O2/c24-18-7-4-17(21(25)13-18)12-22(16-5-8-19(26)9-6-16)30-23-3-1-2-20(29-23)14-28-11-10-27-15-28/h4-11,13,15,20,22-23H,1-3,12,14H2/t20-,22?,23+/m1/s1. The van der Waals surface area contributed by atoms with Crippen molar-refractivity contribution in [3.05, 3.63) is 88.2 Å². The number of nitrogens with zero attached hydrogens (tertiary/aromatic N) is 2. The van der Waals surface area contributed by atoms with Crippen LogP contribution in [0.1, 0.15) is 36.5 Å². The molecule has 0 bridgehead atoms.